The number of amides is 2. The second-order valence-corrected chi connectivity index (χ2v) is 8.12. The van der Waals surface area contributed by atoms with E-state index < -0.39 is 41.3 Å². The van der Waals surface area contributed by atoms with E-state index in [0.717, 1.165) is 16.4 Å². The molecule has 5 N–H and O–H groups in total. The molecule has 33 heavy (non-hydrogen) atoms. The molecule has 1 aromatic heterocycles. The number of anilines is 1. The summed E-state index contributed by atoms with van der Waals surface area (Å²) in [4.78, 5) is 46.2. The lowest BCUT2D eigenvalue weighted by molar-refractivity contribution is -0.150. The fourth-order valence-electron chi connectivity index (χ4n) is 2.87. The zero-order valence-electron chi connectivity index (χ0n) is 16.3. The number of allylic oxidation sites excluding steroid dienone is 1. The van der Waals surface area contributed by atoms with E-state index in [2.05, 4.69) is 29.8 Å². The van der Waals surface area contributed by atoms with E-state index in [1.165, 1.54) is 23.9 Å². The number of β-lactam (4-membered cyclic amide) rings is 1. The molecule has 13 nitrogen and oxygen atoms in total. The molecule has 1 aromatic rings. The first-order chi connectivity index (χ1) is 15.7. The van der Waals surface area contributed by atoms with Crippen LogP contribution >= 0.6 is 23.3 Å². The maximum Gasteiger partial charge on any atom is 0.352 e. The predicted octanol–water partition coefficient (Wildman–Crippen LogP) is -0.139. The molecule has 2 aliphatic heterocycles. The quantitative estimate of drug-likeness (QED) is 0.116. The molecule has 0 saturated carbocycles. The van der Waals surface area contributed by atoms with Crippen molar-refractivity contribution in [1.82, 2.24) is 19.6 Å². The average molecular weight is 503 g/mol. The van der Waals surface area contributed by atoms with Crippen LogP contribution in [0.25, 0.3) is 0 Å². The van der Waals surface area contributed by atoms with Gasteiger partial charge in [0, 0.05) is 17.3 Å². The summed E-state index contributed by atoms with van der Waals surface area (Å²) in [5.74, 6) is -3.05. The van der Waals surface area contributed by atoms with Gasteiger partial charge in [0.2, 0.25) is 11.5 Å². The lowest BCUT2D eigenvalue weighted by Gasteiger charge is -2.49. The zero-order chi connectivity index (χ0) is 24.1. The summed E-state index contributed by atoms with van der Waals surface area (Å²) in [5.41, 5.74) is 4.89. The first-order valence-electron chi connectivity index (χ1n) is 8.88. The molecule has 0 spiro atoms. The molecule has 176 valence electrons. The van der Waals surface area contributed by atoms with Gasteiger partial charge in [0.25, 0.3) is 18.2 Å². The van der Waals surface area contributed by atoms with Crippen molar-refractivity contribution < 1.29 is 38.3 Å². The number of rotatable bonds is 9. The van der Waals surface area contributed by atoms with Crippen LogP contribution in [0.4, 0.5) is 13.9 Å². The highest BCUT2D eigenvalue weighted by Crippen LogP contribution is 2.40. The number of nitrogens with two attached hydrogens (primary N) is 1. The van der Waals surface area contributed by atoms with E-state index in [0.29, 0.717) is 6.21 Å². The van der Waals surface area contributed by atoms with E-state index in [4.69, 9.17) is 10.9 Å². The molecule has 2 amide bonds. The number of nitrogens with zero attached hydrogens (tertiary/aromatic N) is 5. The number of carbonyl (C=O) groups is 3. The van der Waals surface area contributed by atoms with E-state index in [9.17, 15) is 28.3 Å². The van der Waals surface area contributed by atoms with Gasteiger partial charge in [-0.1, -0.05) is 16.4 Å². The van der Waals surface area contributed by atoms with Gasteiger partial charge in [-0.2, -0.15) is 9.36 Å². The number of hydrogen-bond donors (Lipinski definition) is 4. The number of hydrogen-bond acceptors (Lipinski definition) is 12. The standard InChI is InChI=1S/C16H15F2N7O6S2/c17-7(18)4-20-31-3-1-2-6-5-32-14-9(13(27)25(14)10(6)15(28)29)21-12(26)8(23-30)11-22-16(19)33-24-11/h1-2,4,7,9,14,30H,3,5H2,(H,21,26)(H,28,29)(H2,19,22,24)/b2-1-,20-4?,23-8-/t9-,14-/m1/s1. The molecular formula is C16H15F2N7O6S2. The molecule has 3 heterocycles. The van der Waals surface area contributed by atoms with Crippen LogP contribution in [-0.2, 0) is 19.2 Å². The van der Waals surface area contributed by atoms with Gasteiger partial charge in [0.15, 0.2) is 5.13 Å². The number of carboxylic acids is 1. The minimum atomic E-state index is -2.76. The maximum absolute atomic E-state index is 12.6. The van der Waals surface area contributed by atoms with Crippen molar-refractivity contribution in [1.29, 1.82) is 0 Å². The number of nitrogens with one attached hydrogen (secondary N) is 1. The van der Waals surface area contributed by atoms with Crippen molar-refractivity contribution in [3.05, 3.63) is 29.2 Å². The van der Waals surface area contributed by atoms with Crippen molar-refractivity contribution >= 4 is 58.1 Å². The first-order valence-corrected chi connectivity index (χ1v) is 10.7. The molecule has 0 radical (unpaired) electrons. The van der Waals surface area contributed by atoms with Gasteiger partial charge in [-0.15, -0.1) is 11.8 Å². The first kappa shape index (κ1) is 24.1. The number of nitrogen functional groups attached to an aromatic ring is 1. The molecular weight excluding hydrogens is 488 g/mol. The molecule has 0 aromatic carbocycles. The Labute approximate surface area is 191 Å². The summed E-state index contributed by atoms with van der Waals surface area (Å²) in [6, 6.07) is -1.08. The summed E-state index contributed by atoms with van der Waals surface area (Å²) < 4.78 is 27.7. The summed E-state index contributed by atoms with van der Waals surface area (Å²) in [6.45, 7) is -0.196. The monoisotopic (exact) mass is 503 g/mol. The van der Waals surface area contributed by atoms with E-state index in [1.807, 2.05) is 0 Å². The van der Waals surface area contributed by atoms with Crippen molar-refractivity contribution in [2.24, 2.45) is 10.3 Å². The Bertz CT molecular complexity index is 1070. The van der Waals surface area contributed by atoms with Gasteiger partial charge >= 0.3 is 5.97 Å². The van der Waals surface area contributed by atoms with Gasteiger partial charge < -0.3 is 26.2 Å². The van der Waals surface area contributed by atoms with Gasteiger partial charge in [-0.25, -0.2) is 13.6 Å². The minimum Gasteiger partial charge on any atom is -0.477 e. The summed E-state index contributed by atoms with van der Waals surface area (Å²) >= 11 is 1.96. The van der Waals surface area contributed by atoms with Crippen molar-refractivity contribution in [3.63, 3.8) is 0 Å². The van der Waals surface area contributed by atoms with Gasteiger partial charge in [0.1, 0.15) is 29.9 Å². The molecule has 0 bridgehead atoms. The summed E-state index contributed by atoms with van der Waals surface area (Å²) in [7, 11) is 0. The smallest absolute Gasteiger partial charge is 0.352 e. The normalized spacial score (nSPS) is 21.0. The SMILES string of the molecule is Nc1nc(/C(=N/O)C(=O)N[C@@H]2C(=O)N3C(C(=O)O)=C(/C=C\CON=CC(F)F)CS[C@H]23)ns1. The number of thioether (sulfide) groups is 1. The number of carboxylic acid groups (broad SMARTS) is 1. The van der Waals surface area contributed by atoms with Crippen LogP contribution in [0.5, 0.6) is 0 Å². The number of alkyl halides is 2. The topological polar surface area (TPSA) is 193 Å². The molecule has 2 atom stereocenters. The number of fused-ring (bicyclic) bond motifs is 1. The lowest BCUT2D eigenvalue weighted by atomic mass is 10.0. The number of aliphatic carboxylic acids is 1. The van der Waals surface area contributed by atoms with Gasteiger partial charge in [-0.3, -0.25) is 14.5 Å². The van der Waals surface area contributed by atoms with Crippen LogP contribution in [0.3, 0.4) is 0 Å². The molecule has 0 unspecified atom stereocenters. The molecule has 0 aliphatic carbocycles. The summed E-state index contributed by atoms with van der Waals surface area (Å²) in [5, 5.41) is 26.3. The molecule has 3 rings (SSSR count). The van der Waals surface area contributed by atoms with Crippen LogP contribution in [0.1, 0.15) is 5.82 Å². The van der Waals surface area contributed by atoms with Crippen LogP contribution in [0, 0.1) is 0 Å². The molecule has 2 aliphatic rings. The fraction of sp³-hybridized carbons (Fsp3) is 0.312. The van der Waals surface area contributed by atoms with E-state index in [-0.39, 0.29) is 34.6 Å². The second kappa shape index (κ2) is 10.3. The fourth-order valence-corrected chi connectivity index (χ4v) is 4.62. The molecule has 1 saturated heterocycles. The van der Waals surface area contributed by atoms with E-state index >= 15 is 0 Å². The van der Waals surface area contributed by atoms with Crippen molar-refractivity contribution in [2.75, 3.05) is 18.1 Å². The minimum absolute atomic E-state index is 0.0377. The van der Waals surface area contributed by atoms with Crippen LogP contribution in [-0.4, -0.2) is 84.5 Å². The lowest BCUT2D eigenvalue weighted by Crippen LogP contribution is -2.71. The van der Waals surface area contributed by atoms with Gasteiger partial charge in [0.05, 0.1) is 0 Å². The highest BCUT2D eigenvalue weighted by atomic mass is 32.2. The number of oxime groups is 2. The largest absolute Gasteiger partial charge is 0.477 e. The Kier molecular flexibility index (Phi) is 7.54. The summed E-state index contributed by atoms with van der Waals surface area (Å²) in [6.07, 6.45) is 0.292. The Morgan fingerprint density at radius 1 is 1.45 bits per heavy atom. The predicted molar refractivity (Wildman–Crippen MR) is 112 cm³/mol. The Morgan fingerprint density at radius 2 is 2.21 bits per heavy atom. The zero-order valence-corrected chi connectivity index (χ0v) is 17.9. The van der Waals surface area contributed by atoms with Crippen molar-refractivity contribution in [3.8, 4) is 0 Å². The Balaban J connectivity index is 1.69. The van der Waals surface area contributed by atoms with Crippen LogP contribution in [0.15, 0.2) is 33.7 Å². The third kappa shape index (κ3) is 5.25. The maximum atomic E-state index is 12.6. The Hall–Kier alpha value is -3.60. The third-order valence-electron chi connectivity index (χ3n) is 4.19. The third-order valence-corrected chi connectivity index (χ3v) is 6.04. The number of aromatic nitrogens is 2. The number of carbonyl (C=O) groups excluding carboxylic acids is 2. The van der Waals surface area contributed by atoms with Crippen LogP contribution < -0.4 is 11.1 Å². The average Bonchev–Trinajstić information content (AvgIpc) is 3.19. The molecule has 1 fully saturated rings. The highest BCUT2D eigenvalue weighted by molar-refractivity contribution is 8.00. The van der Waals surface area contributed by atoms with Crippen LogP contribution in [0.2, 0.25) is 0 Å². The number of halogens is 2. The second-order valence-electron chi connectivity index (χ2n) is 6.23. The van der Waals surface area contributed by atoms with E-state index in [1.54, 1.807) is 0 Å². The van der Waals surface area contributed by atoms with Gasteiger partial charge in [-0.05, 0) is 11.6 Å². The highest BCUT2D eigenvalue weighted by Gasteiger charge is 2.54. The van der Waals surface area contributed by atoms with Crippen molar-refractivity contribution in [2.45, 2.75) is 17.8 Å². The molecule has 17 heteroatoms. The Morgan fingerprint density at radius 3 is 2.82 bits per heavy atom.